The van der Waals surface area contributed by atoms with Gasteiger partial charge in [0.2, 0.25) is 0 Å². The van der Waals surface area contributed by atoms with Gasteiger partial charge in [0.15, 0.2) is 0 Å². The van der Waals surface area contributed by atoms with Crippen LogP contribution in [0.15, 0.2) is 66.9 Å². The van der Waals surface area contributed by atoms with E-state index in [1.165, 1.54) is 5.56 Å². The summed E-state index contributed by atoms with van der Waals surface area (Å²) < 4.78 is 18.9. The molecule has 0 saturated heterocycles. The van der Waals surface area contributed by atoms with Crippen LogP contribution < -0.4 is 15.4 Å². The molecule has 10 heteroatoms. The summed E-state index contributed by atoms with van der Waals surface area (Å²) >= 11 is 0. The number of nitrogens with one attached hydrogen (secondary N) is 2. The quantitative estimate of drug-likeness (QED) is 0.166. The lowest BCUT2D eigenvalue weighted by molar-refractivity contribution is 0.0524. The van der Waals surface area contributed by atoms with Crippen LogP contribution in [0.5, 0.6) is 5.75 Å². The van der Waals surface area contributed by atoms with Crippen molar-refractivity contribution in [1.29, 1.82) is 0 Å². The molecule has 0 aliphatic rings. The summed E-state index contributed by atoms with van der Waals surface area (Å²) in [7, 11) is 0. The van der Waals surface area contributed by atoms with Gasteiger partial charge in [0.05, 0.1) is 6.54 Å². The minimum atomic E-state index is -0.648. The van der Waals surface area contributed by atoms with Crippen molar-refractivity contribution >= 4 is 18.0 Å². The van der Waals surface area contributed by atoms with E-state index in [0.717, 1.165) is 39.4 Å². The van der Waals surface area contributed by atoms with Crippen LogP contribution in [0.1, 0.15) is 85.1 Å². The molecule has 0 radical (unpaired) electrons. The average molecular weight is 656 g/mol. The molecule has 0 fully saturated rings. The van der Waals surface area contributed by atoms with Crippen molar-refractivity contribution in [2.75, 3.05) is 11.9 Å². The van der Waals surface area contributed by atoms with Gasteiger partial charge >= 0.3 is 12.2 Å². The second-order valence-electron chi connectivity index (χ2n) is 13.9. The molecule has 0 atom stereocenters. The van der Waals surface area contributed by atoms with Gasteiger partial charge in [-0.2, -0.15) is 5.10 Å². The second-order valence-corrected chi connectivity index (χ2v) is 13.9. The average Bonchev–Trinajstić information content (AvgIpc) is 3.37. The number of nitrogens with zero attached hydrogens (tertiary/aromatic N) is 3. The zero-order chi connectivity index (χ0) is 35.1. The molecule has 4 aromatic rings. The topological polar surface area (TPSA) is 117 Å². The molecule has 0 spiro atoms. The Kier molecular flexibility index (Phi) is 11.5. The van der Waals surface area contributed by atoms with E-state index in [0.29, 0.717) is 37.9 Å². The van der Waals surface area contributed by atoms with Gasteiger partial charge in [-0.15, -0.1) is 0 Å². The van der Waals surface area contributed by atoms with Gasteiger partial charge in [0.1, 0.15) is 35.1 Å². The number of benzene rings is 2. The summed E-state index contributed by atoms with van der Waals surface area (Å²) in [6.45, 7) is 18.6. The molecule has 0 saturated carbocycles. The fourth-order valence-electron chi connectivity index (χ4n) is 5.06. The minimum absolute atomic E-state index is 0.329. The summed E-state index contributed by atoms with van der Waals surface area (Å²) in [5.74, 6) is 1.58. The third-order valence-electron chi connectivity index (χ3n) is 7.24. The zero-order valence-corrected chi connectivity index (χ0v) is 29.6. The van der Waals surface area contributed by atoms with E-state index < -0.39 is 23.4 Å². The number of anilines is 1. The monoisotopic (exact) mass is 655 g/mol. The smallest absolute Gasteiger partial charge is 0.413 e. The number of hydrogen-bond acceptors (Lipinski definition) is 7. The van der Waals surface area contributed by atoms with Crippen molar-refractivity contribution in [3.63, 3.8) is 0 Å². The zero-order valence-electron chi connectivity index (χ0n) is 29.6. The first kappa shape index (κ1) is 36.0. The van der Waals surface area contributed by atoms with E-state index in [1.54, 1.807) is 33.0 Å². The molecule has 0 aliphatic carbocycles. The molecular weight excluding hydrogens is 606 g/mol. The Bertz CT molecular complexity index is 1680. The Morgan fingerprint density at radius 2 is 1.50 bits per heavy atom. The van der Waals surface area contributed by atoms with Gasteiger partial charge < -0.3 is 19.5 Å². The van der Waals surface area contributed by atoms with Crippen LogP contribution in [0.25, 0.3) is 22.4 Å². The van der Waals surface area contributed by atoms with Gasteiger partial charge in [0, 0.05) is 29.6 Å². The molecule has 0 aliphatic heterocycles. The maximum Gasteiger partial charge on any atom is 0.413 e. The molecule has 4 rings (SSSR count). The number of amides is 2. The minimum Gasteiger partial charge on any atom is -0.489 e. The van der Waals surface area contributed by atoms with Crippen LogP contribution in [0.3, 0.4) is 0 Å². The number of alkyl carbamates (subject to hydrolysis) is 1. The molecule has 256 valence electrons. The second kappa shape index (κ2) is 15.4. The largest absolute Gasteiger partial charge is 0.489 e. The summed E-state index contributed by atoms with van der Waals surface area (Å²) in [6, 6.07) is 20.1. The van der Waals surface area contributed by atoms with Crippen LogP contribution in [0, 0.1) is 0 Å². The maximum atomic E-state index is 12.5. The molecule has 2 aromatic heterocycles. The molecule has 10 nitrogen and oxygen atoms in total. The highest BCUT2D eigenvalue weighted by atomic mass is 16.6. The molecule has 2 aromatic carbocycles. The Morgan fingerprint density at radius 3 is 2.10 bits per heavy atom. The summed E-state index contributed by atoms with van der Waals surface area (Å²) in [5.41, 5.74) is 5.55. The Hall–Kier alpha value is -4.86. The SMILES string of the molecule is CCc1c(-c2ccc(OCc3ccc(C(C)C)cc3)cc2)c(-c2ccnc(NC(=O)OC(C)(C)C)c2)nn1CCNC(=O)OC(C)(C)C. The van der Waals surface area contributed by atoms with Gasteiger partial charge in [-0.1, -0.05) is 57.2 Å². The number of aromatic nitrogens is 3. The van der Waals surface area contributed by atoms with Crippen LogP contribution in [-0.2, 0) is 29.0 Å². The predicted molar refractivity (Wildman–Crippen MR) is 189 cm³/mol. The first-order chi connectivity index (χ1) is 22.6. The Balaban J connectivity index is 1.63. The van der Waals surface area contributed by atoms with Gasteiger partial charge in [-0.05, 0) is 94.8 Å². The van der Waals surface area contributed by atoms with E-state index in [9.17, 15) is 9.59 Å². The van der Waals surface area contributed by atoms with Crippen molar-refractivity contribution < 1.29 is 23.8 Å². The van der Waals surface area contributed by atoms with Gasteiger partial charge in [-0.25, -0.2) is 14.6 Å². The molecule has 0 unspecified atom stereocenters. The maximum absolute atomic E-state index is 12.5. The van der Waals surface area contributed by atoms with E-state index in [1.807, 2.05) is 55.8 Å². The van der Waals surface area contributed by atoms with Gasteiger partial charge in [-0.3, -0.25) is 10.00 Å². The number of carbonyl (C=O) groups is 2. The van der Waals surface area contributed by atoms with E-state index in [-0.39, 0.29) is 0 Å². The van der Waals surface area contributed by atoms with Crippen molar-refractivity contribution in [2.24, 2.45) is 0 Å². The van der Waals surface area contributed by atoms with Crippen LogP contribution in [-0.4, -0.2) is 44.7 Å². The third kappa shape index (κ3) is 10.3. The molecule has 0 bridgehead atoms. The van der Waals surface area contributed by atoms with Crippen LogP contribution >= 0.6 is 0 Å². The number of ether oxygens (including phenoxy) is 3. The van der Waals surface area contributed by atoms with Crippen molar-refractivity contribution in [3.05, 3.63) is 83.7 Å². The lowest BCUT2D eigenvalue weighted by Gasteiger charge is -2.19. The number of rotatable bonds is 11. The number of hydrogen-bond donors (Lipinski definition) is 2. The Labute approximate surface area is 284 Å². The summed E-state index contributed by atoms with van der Waals surface area (Å²) in [6.07, 6.45) is 1.25. The van der Waals surface area contributed by atoms with E-state index >= 15 is 0 Å². The summed E-state index contributed by atoms with van der Waals surface area (Å²) in [4.78, 5) is 29.1. The normalized spacial score (nSPS) is 11.7. The lowest BCUT2D eigenvalue weighted by Crippen LogP contribution is -2.34. The van der Waals surface area contributed by atoms with Crippen molar-refractivity contribution in [1.82, 2.24) is 20.1 Å². The molecule has 2 N–H and O–H groups in total. The van der Waals surface area contributed by atoms with Crippen LogP contribution in [0.4, 0.5) is 15.4 Å². The third-order valence-corrected chi connectivity index (χ3v) is 7.24. The predicted octanol–water partition coefficient (Wildman–Crippen LogP) is 8.75. The lowest BCUT2D eigenvalue weighted by atomic mass is 9.98. The summed E-state index contributed by atoms with van der Waals surface area (Å²) in [5, 5.41) is 10.6. The highest BCUT2D eigenvalue weighted by molar-refractivity contribution is 5.87. The first-order valence-electron chi connectivity index (χ1n) is 16.5. The number of pyridine rings is 1. The highest BCUT2D eigenvalue weighted by Crippen LogP contribution is 2.36. The van der Waals surface area contributed by atoms with Crippen molar-refractivity contribution in [2.45, 2.75) is 99.0 Å². The van der Waals surface area contributed by atoms with Crippen LogP contribution in [0.2, 0.25) is 0 Å². The van der Waals surface area contributed by atoms with Crippen molar-refractivity contribution in [3.8, 4) is 28.1 Å². The standard InChI is InChI=1S/C38H49N5O5/c1-10-31-33(28-15-17-30(18-16-28)46-24-26-11-13-27(14-12-26)25(2)3)34(42-43(31)22-21-40-35(44)47-37(4,5)6)29-19-20-39-32(23-29)41-36(45)48-38(7,8)9/h11-20,23,25H,10,21-22,24H2,1-9H3,(H,40,44)(H,39,41,45). The Morgan fingerprint density at radius 1 is 0.854 bits per heavy atom. The van der Waals surface area contributed by atoms with E-state index in [2.05, 4.69) is 60.7 Å². The molecular formula is C38H49N5O5. The molecule has 2 amide bonds. The van der Waals surface area contributed by atoms with E-state index in [4.69, 9.17) is 19.3 Å². The number of carbonyl (C=O) groups excluding carboxylic acids is 2. The van der Waals surface area contributed by atoms with Gasteiger partial charge in [0.25, 0.3) is 0 Å². The first-order valence-corrected chi connectivity index (χ1v) is 16.5. The fraction of sp³-hybridized carbons (Fsp3) is 0.421. The fourth-order valence-corrected chi connectivity index (χ4v) is 5.06. The molecule has 2 heterocycles. The molecule has 48 heavy (non-hydrogen) atoms. The highest BCUT2D eigenvalue weighted by Gasteiger charge is 2.22.